The second-order valence-corrected chi connectivity index (χ2v) is 9.46. The molecule has 1 unspecified atom stereocenters. The first-order valence-corrected chi connectivity index (χ1v) is 11.9. The topological polar surface area (TPSA) is 87.7 Å². The predicted octanol–water partition coefficient (Wildman–Crippen LogP) is 2.99. The number of likely N-dealkylation sites (tertiary alicyclic amines) is 1. The highest BCUT2D eigenvalue weighted by molar-refractivity contribution is 5.97. The summed E-state index contributed by atoms with van der Waals surface area (Å²) < 4.78 is 5.16. The molecule has 2 aliphatic rings. The normalized spacial score (nSPS) is 18.4. The molecule has 0 spiro atoms. The first kappa shape index (κ1) is 24.1. The summed E-state index contributed by atoms with van der Waals surface area (Å²) in [6.07, 6.45) is 5.70. The van der Waals surface area contributed by atoms with E-state index in [0.717, 1.165) is 25.7 Å². The monoisotopic (exact) mass is 443 g/mol. The van der Waals surface area contributed by atoms with Crippen LogP contribution in [-0.2, 0) is 9.59 Å². The number of methoxy groups -OCH3 is 1. The minimum absolute atomic E-state index is 0.00279. The van der Waals surface area contributed by atoms with Gasteiger partial charge in [0, 0.05) is 31.1 Å². The number of nitrogens with zero attached hydrogens (tertiary/aromatic N) is 1. The Labute approximate surface area is 191 Å². The maximum Gasteiger partial charge on any atom is 0.251 e. The number of amides is 3. The molecule has 1 heterocycles. The van der Waals surface area contributed by atoms with E-state index in [1.807, 2.05) is 18.7 Å². The summed E-state index contributed by atoms with van der Waals surface area (Å²) >= 11 is 0. The summed E-state index contributed by atoms with van der Waals surface area (Å²) in [6.45, 7) is 5.93. The van der Waals surface area contributed by atoms with Crippen molar-refractivity contribution in [2.75, 3.05) is 26.7 Å². The lowest BCUT2D eigenvalue weighted by Gasteiger charge is -2.37. The van der Waals surface area contributed by atoms with Crippen LogP contribution in [0.5, 0.6) is 5.75 Å². The molecule has 1 aromatic carbocycles. The Morgan fingerprint density at radius 3 is 2.22 bits per heavy atom. The Bertz CT molecular complexity index is 779. The highest BCUT2D eigenvalue weighted by Crippen LogP contribution is 2.29. The van der Waals surface area contributed by atoms with Crippen molar-refractivity contribution in [2.24, 2.45) is 17.8 Å². The van der Waals surface area contributed by atoms with Gasteiger partial charge in [0.25, 0.3) is 5.91 Å². The third-order valence-electron chi connectivity index (χ3n) is 6.63. The van der Waals surface area contributed by atoms with E-state index in [-0.39, 0.29) is 29.6 Å². The van der Waals surface area contributed by atoms with Gasteiger partial charge in [0.05, 0.1) is 7.11 Å². The smallest absolute Gasteiger partial charge is 0.251 e. The van der Waals surface area contributed by atoms with Gasteiger partial charge in [-0.2, -0.15) is 0 Å². The lowest BCUT2D eigenvalue weighted by molar-refractivity contribution is -0.137. The first-order chi connectivity index (χ1) is 15.4. The van der Waals surface area contributed by atoms with Crippen molar-refractivity contribution in [2.45, 2.75) is 58.4 Å². The fourth-order valence-electron chi connectivity index (χ4n) is 4.66. The second kappa shape index (κ2) is 11.3. The van der Waals surface area contributed by atoms with Crippen LogP contribution in [0.2, 0.25) is 0 Å². The highest BCUT2D eigenvalue weighted by atomic mass is 16.5. The van der Waals surface area contributed by atoms with Crippen molar-refractivity contribution in [1.82, 2.24) is 15.5 Å². The third-order valence-corrected chi connectivity index (χ3v) is 6.63. The lowest BCUT2D eigenvalue weighted by atomic mass is 9.87. The molecule has 176 valence electrons. The van der Waals surface area contributed by atoms with Gasteiger partial charge in [-0.25, -0.2) is 0 Å². The van der Waals surface area contributed by atoms with Gasteiger partial charge in [-0.05, 0) is 61.8 Å². The fourth-order valence-corrected chi connectivity index (χ4v) is 4.66. The molecule has 1 saturated heterocycles. The summed E-state index contributed by atoms with van der Waals surface area (Å²) in [5, 5.41) is 5.95. The maximum atomic E-state index is 13.0. The van der Waals surface area contributed by atoms with E-state index >= 15 is 0 Å². The van der Waals surface area contributed by atoms with Crippen LogP contribution in [-0.4, -0.2) is 55.4 Å². The van der Waals surface area contributed by atoms with Crippen molar-refractivity contribution in [3.63, 3.8) is 0 Å². The van der Waals surface area contributed by atoms with Crippen molar-refractivity contribution in [1.29, 1.82) is 0 Å². The molecule has 1 aromatic rings. The molecule has 0 radical (unpaired) electrons. The Kier molecular flexibility index (Phi) is 8.53. The van der Waals surface area contributed by atoms with E-state index in [9.17, 15) is 14.4 Å². The summed E-state index contributed by atoms with van der Waals surface area (Å²) in [7, 11) is 1.58. The van der Waals surface area contributed by atoms with Crippen LogP contribution in [0.3, 0.4) is 0 Å². The molecule has 1 saturated carbocycles. The number of hydrogen-bond donors (Lipinski definition) is 2. The van der Waals surface area contributed by atoms with Crippen LogP contribution in [0.25, 0.3) is 0 Å². The summed E-state index contributed by atoms with van der Waals surface area (Å²) in [6, 6.07) is 6.23. The minimum atomic E-state index is -0.618. The average molecular weight is 444 g/mol. The van der Waals surface area contributed by atoms with E-state index in [1.54, 1.807) is 31.4 Å². The summed E-state index contributed by atoms with van der Waals surface area (Å²) in [5.74, 6) is 1.00. The van der Waals surface area contributed by atoms with Crippen LogP contribution in [0, 0.1) is 17.8 Å². The van der Waals surface area contributed by atoms with Gasteiger partial charge in [-0.3, -0.25) is 14.4 Å². The molecular formula is C25H37N3O4. The van der Waals surface area contributed by atoms with Gasteiger partial charge in [0.1, 0.15) is 11.8 Å². The van der Waals surface area contributed by atoms with Crippen LogP contribution < -0.4 is 15.4 Å². The van der Waals surface area contributed by atoms with Crippen LogP contribution in [0.15, 0.2) is 24.3 Å². The van der Waals surface area contributed by atoms with Crippen LogP contribution >= 0.6 is 0 Å². The number of rotatable bonds is 8. The van der Waals surface area contributed by atoms with Gasteiger partial charge in [0.15, 0.2) is 0 Å². The molecule has 0 bridgehead atoms. The first-order valence-electron chi connectivity index (χ1n) is 11.9. The Morgan fingerprint density at radius 1 is 1.03 bits per heavy atom. The molecular weight excluding hydrogens is 406 g/mol. The molecule has 7 heteroatoms. The zero-order valence-electron chi connectivity index (χ0n) is 19.6. The van der Waals surface area contributed by atoms with Crippen molar-refractivity contribution in [3.8, 4) is 5.75 Å². The van der Waals surface area contributed by atoms with Crippen molar-refractivity contribution < 1.29 is 19.1 Å². The quantitative estimate of drug-likeness (QED) is 0.647. The van der Waals surface area contributed by atoms with Crippen LogP contribution in [0.4, 0.5) is 0 Å². The molecule has 32 heavy (non-hydrogen) atoms. The van der Waals surface area contributed by atoms with Gasteiger partial charge >= 0.3 is 0 Å². The molecule has 2 fully saturated rings. The van der Waals surface area contributed by atoms with E-state index in [1.165, 1.54) is 0 Å². The number of carbonyl (C=O) groups excluding carboxylic acids is 3. The predicted molar refractivity (Wildman–Crippen MR) is 123 cm³/mol. The average Bonchev–Trinajstić information content (AvgIpc) is 3.35. The van der Waals surface area contributed by atoms with Gasteiger partial charge in [0.2, 0.25) is 11.8 Å². The number of hydrogen-bond acceptors (Lipinski definition) is 4. The van der Waals surface area contributed by atoms with E-state index in [0.29, 0.717) is 49.7 Å². The molecule has 1 aliphatic carbocycles. The molecule has 3 amide bonds. The van der Waals surface area contributed by atoms with Crippen LogP contribution in [0.1, 0.15) is 62.7 Å². The zero-order valence-corrected chi connectivity index (χ0v) is 19.6. The maximum absolute atomic E-state index is 13.0. The second-order valence-electron chi connectivity index (χ2n) is 9.46. The number of carbonyl (C=O) groups is 3. The van der Waals surface area contributed by atoms with Crippen molar-refractivity contribution in [3.05, 3.63) is 29.8 Å². The van der Waals surface area contributed by atoms with Gasteiger partial charge in [-0.15, -0.1) is 0 Å². The molecule has 1 atom stereocenters. The molecule has 2 N–H and O–H groups in total. The SMILES string of the molecule is COc1ccc(C(=O)NC(C(=O)NCC(C)C)C2CCN(C(=O)C3CCCC3)CC2)cc1. The summed E-state index contributed by atoms with van der Waals surface area (Å²) in [4.78, 5) is 40.6. The Balaban J connectivity index is 1.65. The van der Waals surface area contributed by atoms with E-state index < -0.39 is 6.04 Å². The summed E-state index contributed by atoms with van der Waals surface area (Å²) in [5.41, 5.74) is 0.487. The Morgan fingerprint density at radius 2 is 1.66 bits per heavy atom. The Hall–Kier alpha value is -2.57. The van der Waals surface area contributed by atoms with Gasteiger partial charge < -0.3 is 20.3 Å². The van der Waals surface area contributed by atoms with Gasteiger partial charge in [-0.1, -0.05) is 26.7 Å². The number of benzene rings is 1. The minimum Gasteiger partial charge on any atom is -0.497 e. The zero-order chi connectivity index (χ0) is 23.1. The lowest BCUT2D eigenvalue weighted by Crippen LogP contribution is -2.54. The van der Waals surface area contributed by atoms with E-state index in [2.05, 4.69) is 10.6 Å². The molecule has 3 rings (SSSR count). The fraction of sp³-hybridized carbons (Fsp3) is 0.640. The number of nitrogens with one attached hydrogen (secondary N) is 2. The highest BCUT2D eigenvalue weighted by Gasteiger charge is 2.35. The molecule has 1 aliphatic heterocycles. The standard InChI is InChI=1S/C25H37N3O4/c1-17(2)16-26-24(30)22(27-23(29)19-8-10-21(32-3)11-9-19)18-12-14-28(15-13-18)25(31)20-6-4-5-7-20/h8-11,17-18,20,22H,4-7,12-16H2,1-3H3,(H,26,30)(H,27,29). The number of piperidine rings is 1. The third kappa shape index (κ3) is 6.24. The molecule has 0 aromatic heterocycles. The largest absolute Gasteiger partial charge is 0.497 e. The van der Waals surface area contributed by atoms with Crippen molar-refractivity contribution >= 4 is 17.7 Å². The van der Waals surface area contributed by atoms with E-state index in [4.69, 9.17) is 4.74 Å². The molecule has 7 nitrogen and oxygen atoms in total. The number of ether oxygens (including phenoxy) is 1.